The number of imidazole rings is 1. The number of hydrogen-bond donors (Lipinski definition) is 4. The molecule has 2 aromatic carbocycles. The van der Waals surface area contributed by atoms with E-state index < -0.39 is 0 Å². The van der Waals surface area contributed by atoms with Crippen molar-refractivity contribution >= 4 is 5.91 Å². The molecule has 0 spiro atoms. The smallest absolute Gasteiger partial charge is 0.323 e. The summed E-state index contributed by atoms with van der Waals surface area (Å²) in [6.45, 7) is 1.30. The Morgan fingerprint density at radius 2 is 1.63 bits per heavy atom. The molecule has 4 N–H and O–H groups in total. The van der Waals surface area contributed by atoms with Gasteiger partial charge in [0, 0.05) is 43.2 Å². The standard InChI is InChI=1S/C23H25N5O2/c29-22(19-13-24-23(30)25-19)28-12-11-18-17(14-28)21(27-26-18)20(15-7-3-1-4-8-15)16-9-5-2-6-10-16/h1-10,13,17-18,20-21,26-27H,11-12,14H2,(H2,24,25,30). The molecule has 2 saturated heterocycles. The molecular formula is C23H25N5O2. The van der Waals surface area contributed by atoms with E-state index >= 15 is 0 Å². The van der Waals surface area contributed by atoms with Gasteiger partial charge in [-0.15, -0.1) is 0 Å². The number of aromatic nitrogens is 2. The quantitative estimate of drug-likeness (QED) is 0.535. The number of nitrogens with zero attached hydrogens (tertiary/aromatic N) is 1. The van der Waals surface area contributed by atoms with Crippen molar-refractivity contribution in [2.24, 2.45) is 5.92 Å². The van der Waals surface area contributed by atoms with Gasteiger partial charge in [0.1, 0.15) is 5.69 Å². The minimum absolute atomic E-state index is 0.131. The predicted molar refractivity (Wildman–Crippen MR) is 114 cm³/mol. The summed E-state index contributed by atoms with van der Waals surface area (Å²) in [7, 11) is 0. The lowest BCUT2D eigenvalue weighted by Crippen LogP contribution is -2.49. The van der Waals surface area contributed by atoms with Gasteiger partial charge in [0.25, 0.3) is 5.91 Å². The topological polar surface area (TPSA) is 93.0 Å². The van der Waals surface area contributed by atoms with Crippen molar-refractivity contribution in [1.82, 2.24) is 25.7 Å². The van der Waals surface area contributed by atoms with E-state index in [1.807, 2.05) is 17.0 Å². The maximum Gasteiger partial charge on any atom is 0.323 e. The number of piperidine rings is 1. The van der Waals surface area contributed by atoms with Crippen molar-refractivity contribution < 1.29 is 4.79 Å². The highest BCUT2D eigenvalue weighted by atomic mass is 16.2. The number of H-pyrrole nitrogens is 2. The van der Waals surface area contributed by atoms with E-state index in [1.54, 1.807) is 0 Å². The van der Waals surface area contributed by atoms with Crippen LogP contribution in [0.15, 0.2) is 71.7 Å². The second-order valence-corrected chi connectivity index (χ2v) is 8.08. The van der Waals surface area contributed by atoms with Gasteiger partial charge in [0.05, 0.1) is 0 Å². The lowest BCUT2D eigenvalue weighted by atomic mass is 9.76. The SMILES string of the molecule is O=C(c1c[nH]c(=O)[nH]1)N1CCC2NNC(C(c3ccccc3)c3ccccc3)C2C1. The Kier molecular flexibility index (Phi) is 4.98. The molecule has 2 aliphatic rings. The number of carbonyl (C=O) groups is 1. The number of nitrogens with one attached hydrogen (secondary N) is 4. The van der Waals surface area contributed by atoms with Gasteiger partial charge in [0.15, 0.2) is 0 Å². The number of aromatic amines is 2. The molecule has 7 nitrogen and oxygen atoms in total. The van der Waals surface area contributed by atoms with Crippen LogP contribution in [0.2, 0.25) is 0 Å². The molecule has 3 atom stereocenters. The molecule has 1 amide bonds. The molecule has 30 heavy (non-hydrogen) atoms. The van der Waals surface area contributed by atoms with Crippen LogP contribution in [0.4, 0.5) is 0 Å². The fraction of sp³-hybridized carbons (Fsp3) is 0.304. The van der Waals surface area contributed by atoms with Crippen LogP contribution in [0.3, 0.4) is 0 Å². The van der Waals surface area contributed by atoms with Crippen molar-refractivity contribution in [3.05, 3.63) is 94.2 Å². The fourth-order valence-electron chi connectivity index (χ4n) is 4.90. The van der Waals surface area contributed by atoms with Crippen molar-refractivity contribution in [3.8, 4) is 0 Å². The Morgan fingerprint density at radius 1 is 0.967 bits per heavy atom. The number of likely N-dealkylation sites (tertiary alicyclic amines) is 1. The van der Waals surface area contributed by atoms with Crippen LogP contribution in [0, 0.1) is 5.92 Å². The summed E-state index contributed by atoms with van der Waals surface area (Å²) >= 11 is 0. The minimum atomic E-state index is -0.358. The molecule has 1 aromatic heterocycles. The molecule has 2 aliphatic heterocycles. The molecule has 3 unspecified atom stereocenters. The molecule has 5 rings (SSSR count). The van der Waals surface area contributed by atoms with Crippen LogP contribution in [0.1, 0.15) is 34.0 Å². The lowest BCUT2D eigenvalue weighted by Gasteiger charge is -2.38. The van der Waals surface area contributed by atoms with Crippen LogP contribution in [-0.4, -0.2) is 45.9 Å². The summed E-state index contributed by atoms with van der Waals surface area (Å²) in [6, 6.07) is 21.5. The molecule has 3 heterocycles. The third-order valence-corrected chi connectivity index (χ3v) is 6.34. The summed E-state index contributed by atoms with van der Waals surface area (Å²) in [4.78, 5) is 31.3. The van der Waals surface area contributed by atoms with Crippen LogP contribution >= 0.6 is 0 Å². The summed E-state index contributed by atoms with van der Waals surface area (Å²) in [5.74, 6) is 0.282. The van der Waals surface area contributed by atoms with Gasteiger partial charge < -0.3 is 14.9 Å². The lowest BCUT2D eigenvalue weighted by molar-refractivity contribution is 0.0644. The summed E-state index contributed by atoms with van der Waals surface area (Å²) in [6.07, 6.45) is 2.32. The summed E-state index contributed by atoms with van der Waals surface area (Å²) < 4.78 is 0. The third-order valence-electron chi connectivity index (χ3n) is 6.34. The molecule has 7 heteroatoms. The van der Waals surface area contributed by atoms with E-state index in [9.17, 15) is 9.59 Å². The van der Waals surface area contributed by atoms with Gasteiger partial charge in [-0.25, -0.2) is 4.79 Å². The van der Waals surface area contributed by atoms with Crippen molar-refractivity contribution in [2.45, 2.75) is 24.4 Å². The largest absolute Gasteiger partial charge is 0.337 e. The van der Waals surface area contributed by atoms with E-state index in [-0.39, 0.29) is 29.5 Å². The average Bonchev–Trinajstić information content (AvgIpc) is 3.41. The first kappa shape index (κ1) is 18.8. The Hall–Kier alpha value is -3.16. The second kappa shape index (κ2) is 7.93. The first-order valence-corrected chi connectivity index (χ1v) is 10.4. The molecule has 2 fully saturated rings. The third kappa shape index (κ3) is 3.46. The maximum atomic E-state index is 12.9. The highest BCUT2D eigenvalue weighted by molar-refractivity contribution is 5.92. The normalized spacial score (nSPS) is 23.5. The van der Waals surface area contributed by atoms with Crippen molar-refractivity contribution in [2.75, 3.05) is 13.1 Å². The number of hydrazine groups is 1. The number of benzene rings is 2. The van der Waals surface area contributed by atoms with Gasteiger partial charge in [-0.05, 0) is 17.5 Å². The first-order chi connectivity index (χ1) is 14.7. The van der Waals surface area contributed by atoms with E-state index in [2.05, 4.69) is 69.4 Å². The molecule has 3 aromatic rings. The molecule has 154 valence electrons. The minimum Gasteiger partial charge on any atom is -0.337 e. The molecule has 0 saturated carbocycles. The molecule has 0 bridgehead atoms. The van der Waals surface area contributed by atoms with Crippen LogP contribution in [0.25, 0.3) is 0 Å². The van der Waals surface area contributed by atoms with Crippen LogP contribution in [-0.2, 0) is 0 Å². The summed E-state index contributed by atoms with van der Waals surface area (Å²) in [5.41, 5.74) is 9.49. The predicted octanol–water partition coefficient (Wildman–Crippen LogP) is 1.84. The van der Waals surface area contributed by atoms with Gasteiger partial charge >= 0.3 is 5.69 Å². The number of fused-ring (bicyclic) bond motifs is 1. The Morgan fingerprint density at radius 3 is 2.23 bits per heavy atom. The second-order valence-electron chi connectivity index (χ2n) is 8.08. The highest BCUT2D eigenvalue weighted by Gasteiger charge is 2.45. The zero-order chi connectivity index (χ0) is 20.5. The Balaban J connectivity index is 1.44. The zero-order valence-corrected chi connectivity index (χ0v) is 16.5. The first-order valence-electron chi connectivity index (χ1n) is 10.4. The van der Waals surface area contributed by atoms with Crippen LogP contribution in [0.5, 0.6) is 0 Å². The average molecular weight is 403 g/mol. The van der Waals surface area contributed by atoms with Gasteiger partial charge in [-0.2, -0.15) is 0 Å². The van der Waals surface area contributed by atoms with Crippen molar-refractivity contribution in [3.63, 3.8) is 0 Å². The molecular weight excluding hydrogens is 378 g/mol. The van der Waals surface area contributed by atoms with Gasteiger partial charge in [-0.3, -0.25) is 15.6 Å². The Bertz CT molecular complexity index is 1020. The van der Waals surface area contributed by atoms with Gasteiger partial charge in [-0.1, -0.05) is 60.7 Å². The van der Waals surface area contributed by atoms with E-state index in [1.165, 1.54) is 17.3 Å². The molecule has 0 aliphatic carbocycles. The van der Waals surface area contributed by atoms with E-state index in [0.717, 1.165) is 6.42 Å². The zero-order valence-electron chi connectivity index (χ0n) is 16.5. The van der Waals surface area contributed by atoms with Gasteiger partial charge in [0.2, 0.25) is 0 Å². The molecule has 0 radical (unpaired) electrons. The number of rotatable bonds is 4. The highest BCUT2D eigenvalue weighted by Crippen LogP contribution is 2.37. The number of amides is 1. The maximum absolute atomic E-state index is 12.9. The Labute approximate surface area is 174 Å². The number of carbonyl (C=O) groups excluding carboxylic acids is 1. The van der Waals surface area contributed by atoms with E-state index in [4.69, 9.17) is 0 Å². The summed E-state index contributed by atoms with van der Waals surface area (Å²) in [5, 5.41) is 0. The monoisotopic (exact) mass is 403 g/mol. The fourth-order valence-corrected chi connectivity index (χ4v) is 4.90. The van der Waals surface area contributed by atoms with Crippen LogP contribution < -0.4 is 16.5 Å². The van der Waals surface area contributed by atoms with E-state index in [0.29, 0.717) is 24.8 Å². The van der Waals surface area contributed by atoms with Crippen molar-refractivity contribution in [1.29, 1.82) is 0 Å². The number of hydrogen-bond acceptors (Lipinski definition) is 4.